The van der Waals surface area contributed by atoms with Crippen LogP contribution in [0.2, 0.25) is 0 Å². The van der Waals surface area contributed by atoms with Gasteiger partial charge in [0.05, 0.1) is 6.42 Å². The van der Waals surface area contributed by atoms with Gasteiger partial charge in [0.15, 0.2) is 0 Å². The number of nitrogens with one attached hydrogen (secondary N) is 2. The number of rotatable bonds is 7. The van der Waals surface area contributed by atoms with Gasteiger partial charge in [-0.1, -0.05) is 0 Å². The van der Waals surface area contributed by atoms with Gasteiger partial charge in [-0.2, -0.15) is 0 Å². The van der Waals surface area contributed by atoms with Crippen LogP contribution in [0.4, 0.5) is 11.4 Å². The standard InChI is InChI=1S/C22H25N5O2/c1-4-27(5-2)18-10-8-17(9-11-18)25-20(28)13-19-15(3)24-21(26-22(19)29)16-7-6-12-23-14-16/h6-12,14H,4-5,13H2,1-3H3,(H,25,28)(H,24,26,29). The van der Waals surface area contributed by atoms with Crippen molar-refractivity contribution in [2.24, 2.45) is 0 Å². The first-order chi connectivity index (χ1) is 14.0. The molecule has 1 amide bonds. The van der Waals surface area contributed by atoms with E-state index < -0.39 is 0 Å². The zero-order valence-electron chi connectivity index (χ0n) is 16.9. The lowest BCUT2D eigenvalue weighted by atomic mass is 10.1. The molecule has 7 heteroatoms. The fourth-order valence-electron chi connectivity index (χ4n) is 3.17. The maximum Gasteiger partial charge on any atom is 0.255 e. The molecule has 2 heterocycles. The van der Waals surface area contributed by atoms with E-state index in [1.807, 2.05) is 30.3 Å². The first kappa shape index (κ1) is 20.3. The third-order valence-corrected chi connectivity index (χ3v) is 4.77. The topological polar surface area (TPSA) is 91.0 Å². The summed E-state index contributed by atoms with van der Waals surface area (Å²) < 4.78 is 0. The predicted octanol–water partition coefficient (Wildman–Crippen LogP) is 3.17. The molecule has 0 atom stereocenters. The van der Waals surface area contributed by atoms with Gasteiger partial charge in [-0.25, -0.2) is 4.98 Å². The minimum absolute atomic E-state index is 0.0424. The number of hydrogen-bond acceptors (Lipinski definition) is 5. The van der Waals surface area contributed by atoms with Crippen molar-refractivity contribution < 1.29 is 4.79 Å². The Morgan fingerprint density at radius 1 is 1.14 bits per heavy atom. The maximum absolute atomic E-state index is 12.5. The van der Waals surface area contributed by atoms with Crippen LogP contribution >= 0.6 is 0 Å². The molecule has 0 fully saturated rings. The highest BCUT2D eigenvalue weighted by atomic mass is 16.2. The SMILES string of the molecule is CCN(CC)c1ccc(NC(=O)Cc2c(C)nc(-c3cccnc3)[nH]c2=O)cc1. The van der Waals surface area contributed by atoms with E-state index >= 15 is 0 Å². The molecule has 0 unspecified atom stereocenters. The predicted molar refractivity (Wildman–Crippen MR) is 115 cm³/mol. The second-order valence-corrected chi connectivity index (χ2v) is 6.66. The molecule has 0 aliphatic rings. The van der Waals surface area contributed by atoms with Crippen LogP contribution in [0.15, 0.2) is 53.6 Å². The Morgan fingerprint density at radius 2 is 1.86 bits per heavy atom. The number of amides is 1. The van der Waals surface area contributed by atoms with E-state index in [1.165, 1.54) is 0 Å². The van der Waals surface area contributed by atoms with Crippen LogP contribution in [0.3, 0.4) is 0 Å². The highest BCUT2D eigenvalue weighted by Crippen LogP contribution is 2.18. The van der Waals surface area contributed by atoms with Crippen LogP contribution in [0.1, 0.15) is 25.1 Å². The smallest absolute Gasteiger partial charge is 0.255 e. The van der Waals surface area contributed by atoms with E-state index in [2.05, 4.69) is 39.0 Å². The Hall–Kier alpha value is -3.48. The molecule has 0 aliphatic carbocycles. The minimum atomic E-state index is -0.316. The molecule has 0 radical (unpaired) electrons. The second kappa shape index (κ2) is 9.14. The molecule has 2 aromatic heterocycles. The third kappa shape index (κ3) is 4.87. The number of aryl methyl sites for hydroxylation is 1. The molecule has 29 heavy (non-hydrogen) atoms. The van der Waals surface area contributed by atoms with E-state index in [0.717, 1.165) is 24.3 Å². The van der Waals surface area contributed by atoms with Gasteiger partial charge < -0.3 is 15.2 Å². The fraction of sp³-hybridized carbons (Fsp3) is 0.273. The molecule has 0 bridgehead atoms. The molecular formula is C22H25N5O2. The summed E-state index contributed by atoms with van der Waals surface area (Å²) in [5, 5.41) is 2.85. The highest BCUT2D eigenvalue weighted by Gasteiger charge is 2.14. The zero-order chi connectivity index (χ0) is 20.8. The molecule has 7 nitrogen and oxygen atoms in total. The van der Waals surface area contributed by atoms with Crippen LogP contribution < -0.4 is 15.8 Å². The molecule has 150 valence electrons. The lowest BCUT2D eigenvalue weighted by molar-refractivity contribution is -0.115. The first-order valence-electron chi connectivity index (χ1n) is 9.66. The van der Waals surface area contributed by atoms with Crippen molar-refractivity contribution in [3.8, 4) is 11.4 Å². The summed E-state index contributed by atoms with van der Waals surface area (Å²) in [5.74, 6) is 0.182. The van der Waals surface area contributed by atoms with Gasteiger partial charge in [-0.3, -0.25) is 14.6 Å². The number of aromatic nitrogens is 3. The molecule has 0 saturated carbocycles. The van der Waals surface area contributed by atoms with Crippen LogP contribution in [-0.4, -0.2) is 33.9 Å². The number of benzene rings is 1. The van der Waals surface area contributed by atoms with Gasteiger partial charge in [-0.15, -0.1) is 0 Å². The van der Waals surface area contributed by atoms with Gasteiger partial charge in [0, 0.05) is 53.7 Å². The van der Waals surface area contributed by atoms with Crippen molar-refractivity contribution in [1.29, 1.82) is 0 Å². The number of hydrogen-bond donors (Lipinski definition) is 2. The van der Waals surface area contributed by atoms with Crippen molar-refractivity contribution >= 4 is 17.3 Å². The first-order valence-corrected chi connectivity index (χ1v) is 9.66. The summed E-state index contributed by atoms with van der Waals surface area (Å²) in [4.78, 5) is 38.4. The van der Waals surface area contributed by atoms with Crippen molar-refractivity contribution in [3.63, 3.8) is 0 Å². The Kier molecular flexibility index (Phi) is 6.39. The molecular weight excluding hydrogens is 366 g/mol. The number of aromatic amines is 1. The van der Waals surface area contributed by atoms with Crippen molar-refractivity contribution in [2.45, 2.75) is 27.2 Å². The van der Waals surface area contributed by atoms with Crippen LogP contribution in [0.25, 0.3) is 11.4 Å². The van der Waals surface area contributed by atoms with E-state index in [-0.39, 0.29) is 17.9 Å². The summed E-state index contributed by atoms with van der Waals surface area (Å²) in [6, 6.07) is 11.3. The number of carbonyl (C=O) groups is 1. The van der Waals surface area contributed by atoms with Crippen molar-refractivity contribution in [2.75, 3.05) is 23.3 Å². The molecule has 3 aromatic rings. The number of carbonyl (C=O) groups excluding carboxylic acids is 1. The Morgan fingerprint density at radius 3 is 2.45 bits per heavy atom. The monoisotopic (exact) mass is 391 g/mol. The van der Waals surface area contributed by atoms with Gasteiger partial charge in [0.1, 0.15) is 5.82 Å². The molecule has 3 rings (SSSR count). The van der Waals surface area contributed by atoms with Gasteiger partial charge in [-0.05, 0) is 57.2 Å². The number of anilines is 2. The van der Waals surface area contributed by atoms with Crippen molar-refractivity contribution in [3.05, 3.63) is 70.4 Å². The van der Waals surface area contributed by atoms with Gasteiger partial charge in [0.2, 0.25) is 5.91 Å². The Bertz CT molecular complexity index is 1030. The van der Waals surface area contributed by atoms with E-state index in [1.54, 1.807) is 25.4 Å². The molecule has 2 N–H and O–H groups in total. The molecule has 0 aliphatic heterocycles. The second-order valence-electron chi connectivity index (χ2n) is 6.66. The summed E-state index contributed by atoms with van der Waals surface area (Å²) in [7, 11) is 0. The van der Waals surface area contributed by atoms with Gasteiger partial charge >= 0.3 is 0 Å². The van der Waals surface area contributed by atoms with E-state index in [9.17, 15) is 9.59 Å². The maximum atomic E-state index is 12.5. The summed E-state index contributed by atoms with van der Waals surface area (Å²) in [5.41, 5.74) is 3.09. The minimum Gasteiger partial charge on any atom is -0.372 e. The number of nitrogens with zero attached hydrogens (tertiary/aromatic N) is 3. The van der Waals surface area contributed by atoms with Crippen LogP contribution in [0.5, 0.6) is 0 Å². The fourth-order valence-corrected chi connectivity index (χ4v) is 3.17. The number of pyridine rings is 1. The number of H-pyrrole nitrogens is 1. The Labute approximate surface area is 169 Å². The molecule has 0 spiro atoms. The zero-order valence-corrected chi connectivity index (χ0v) is 16.9. The average Bonchev–Trinajstić information content (AvgIpc) is 2.73. The lowest BCUT2D eigenvalue weighted by Gasteiger charge is -2.21. The Balaban J connectivity index is 1.72. The summed E-state index contributed by atoms with van der Waals surface area (Å²) in [6.07, 6.45) is 3.24. The normalized spacial score (nSPS) is 10.6. The van der Waals surface area contributed by atoms with Crippen LogP contribution in [-0.2, 0) is 11.2 Å². The largest absolute Gasteiger partial charge is 0.372 e. The molecule has 1 aromatic carbocycles. The lowest BCUT2D eigenvalue weighted by Crippen LogP contribution is -2.24. The van der Waals surface area contributed by atoms with Gasteiger partial charge in [0.25, 0.3) is 5.56 Å². The van der Waals surface area contributed by atoms with E-state index in [0.29, 0.717) is 22.8 Å². The van der Waals surface area contributed by atoms with Crippen LogP contribution in [0, 0.1) is 6.92 Å². The average molecular weight is 391 g/mol. The quantitative estimate of drug-likeness (QED) is 0.646. The summed E-state index contributed by atoms with van der Waals surface area (Å²) in [6.45, 7) is 7.79. The summed E-state index contributed by atoms with van der Waals surface area (Å²) >= 11 is 0. The van der Waals surface area contributed by atoms with Crippen molar-refractivity contribution in [1.82, 2.24) is 15.0 Å². The third-order valence-electron chi connectivity index (χ3n) is 4.77. The van der Waals surface area contributed by atoms with E-state index in [4.69, 9.17) is 0 Å². The highest BCUT2D eigenvalue weighted by molar-refractivity contribution is 5.92. The molecule has 0 saturated heterocycles.